The minimum Gasteiger partial charge on any atom is -0.457 e. The van der Waals surface area contributed by atoms with Crippen LogP contribution in [0, 0.1) is 0 Å². The number of carbonyl (C=O) groups excluding carboxylic acids is 2. The van der Waals surface area contributed by atoms with Gasteiger partial charge in [-0.05, 0) is 50.2 Å². The van der Waals surface area contributed by atoms with E-state index in [1.165, 1.54) is 6.92 Å². The zero-order valence-corrected chi connectivity index (χ0v) is 13.1. The maximum atomic E-state index is 12.0. The summed E-state index contributed by atoms with van der Waals surface area (Å²) in [6, 6.07) is 15.9. The Morgan fingerprint density at radius 3 is 2.22 bits per heavy atom. The molecule has 0 aliphatic carbocycles. The number of hydrogen-bond acceptors (Lipinski definition) is 4. The number of ether oxygens (including phenoxy) is 2. The lowest BCUT2D eigenvalue weighted by Crippen LogP contribution is -2.35. The summed E-state index contributed by atoms with van der Waals surface area (Å²) < 4.78 is 10.8. The lowest BCUT2D eigenvalue weighted by atomic mass is 10.2. The van der Waals surface area contributed by atoms with Crippen molar-refractivity contribution in [2.75, 3.05) is 6.54 Å². The van der Waals surface area contributed by atoms with E-state index in [1.54, 1.807) is 31.2 Å². The van der Waals surface area contributed by atoms with Crippen molar-refractivity contribution in [2.45, 2.75) is 20.0 Å². The average Bonchev–Trinajstić information content (AvgIpc) is 2.56. The van der Waals surface area contributed by atoms with Crippen LogP contribution < -0.4 is 10.1 Å². The molecule has 2 rings (SSSR count). The van der Waals surface area contributed by atoms with Gasteiger partial charge in [0.15, 0.2) is 6.10 Å². The van der Waals surface area contributed by atoms with Gasteiger partial charge in [-0.25, -0.2) is 4.79 Å². The second kappa shape index (κ2) is 7.98. The van der Waals surface area contributed by atoms with Gasteiger partial charge in [-0.1, -0.05) is 18.2 Å². The predicted molar refractivity (Wildman–Crippen MR) is 86.5 cm³/mol. The summed E-state index contributed by atoms with van der Waals surface area (Å²) in [5.74, 6) is 0.470. The Morgan fingerprint density at radius 1 is 1.00 bits per heavy atom. The number of benzene rings is 2. The van der Waals surface area contributed by atoms with Gasteiger partial charge in [0.1, 0.15) is 11.5 Å². The summed E-state index contributed by atoms with van der Waals surface area (Å²) in [5.41, 5.74) is 0.363. The van der Waals surface area contributed by atoms with Gasteiger partial charge < -0.3 is 14.8 Å². The molecule has 0 heterocycles. The van der Waals surface area contributed by atoms with E-state index in [2.05, 4.69) is 5.32 Å². The Balaban J connectivity index is 1.96. The van der Waals surface area contributed by atoms with Crippen molar-refractivity contribution in [3.63, 3.8) is 0 Å². The molecule has 0 unspecified atom stereocenters. The third kappa shape index (κ3) is 4.85. The number of likely N-dealkylation sites (N-methyl/N-ethyl adjacent to an activating group) is 1. The number of amides is 1. The van der Waals surface area contributed by atoms with Gasteiger partial charge >= 0.3 is 5.97 Å². The van der Waals surface area contributed by atoms with E-state index in [-0.39, 0.29) is 5.91 Å². The first-order chi connectivity index (χ1) is 11.1. The molecule has 2 aromatic carbocycles. The molecule has 0 fully saturated rings. The minimum absolute atomic E-state index is 0.315. The van der Waals surface area contributed by atoms with Crippen molar-refractivity contribution >= 4 is 11.9 Å². The van der Waals surface area contributed by atoms with Crippen LogP contribution in [0.4, 0.5) is 0 Å². The molecule has 2 aromatic rings. The van der Waals surface area contributed by atoms with E-state index >= 15 is 0 Å². The molecule has 0 radical (unpaired) electrons. The van der Waals surface area contributed by atoms with Gasteiger partial charge in [0.05, 0.1) is 5.56 Å². The SMILES string of the molecule is CCNC(=O)[C@H](C)OC(=O)c1ccc(Oc2ccccc2)cc1. The zero-order valence-electron chi connectivity index (χ0n) is 13.1. The maximum Gasteiger partial charge on any atom is 0.338 e. The highest BCUT2D eigenvalue weighted by Crippen LogP contribution is 2.21. The lowest BCUT2D eigenvalue weighted by Gasteiger charge is -2.13. The van der Waals surface area contributed by atoms with Crippen molar-refractivity contribution in [3.05, 3.63) is 60.2 Å². The Morgan fingerprint density at radius 2 is 1.61 bits per heavy atom. The second-order valence-corrected chi connectivity index (χ2v) is 4.88. The van der Waals surface area contributed by atoms with Gasteiger partial charge in [-0.3, -0.25) is 4.79 Å². The highest BCUT2D eigenvalue weighted by Gasteiger charge is 2.18. The van der Waals surface area contributed by atoms with Crippen molar-refractivity contribution in [3.8, 4) is 11.5 Å². The predicted octanol–water partition coefficient (Wildman–Crippen LogP) is 3.16. The molecule has 0 aliphatic heterocycles. The smallest absolute Gasteiger partial charge is 0.338 e. The first kappa shape index (κ1) is 16.5. The van der Waals surface area contributed by atoms with Gasteiger partial charge in [0.2, 0.25) is 0 Å². The van der Waals surface area contributed by atoms with E-state index < -0.39 is 12.1 Å². The van der Waals surface area contributed by atoms with Crippen molar-refractivity contribution < 1.29 is 19.1 Å². The fourth-order valence-corrected chi connectivity index (χ4v) is 1.88. The van der Waals surface area contributed by atoms with E-state index in [1.807, 2.05) is 30.3 Å². The normalized spacial score (nSPS) is 11.4. The summed E-state index contributed by atoms with van der Waals surface area (Å²) in [4.78, 5) is 23.5. The van der Waals surface area contributed by atoms with Crippen LogP contribution in [0.25, 0.3) is 0 Å². The number of nitrogens with one attached hydrogen (secondary N) is 1. The summed E-state index contributed by atoms with van der Waals surface area (Å²) in [7, 11) is 0. The molecule has 0 saturated heterocycles. The Kier molecular flexibility index (Phi) is 5.74. The van der Waals surface area contributed by atoms with Crippen LogP contribution in [0.5, 0.6) is 11.5 Å². The zero-order chi connectivity index (χ0) is 16.7. The third-order valence-corrected chi connectivity index (χ3v) is 3.07. The molecule has 120 valence electrons. The Labute approximate surface area is 135 Å². The van der Waals surface area contributed by atoms with Crippen LogP contribution in [0.2, 0.25) is 0 Å². The molecular formula is C18H19NO4. The standard InChI is InChI=1S/C18H19NO4/c1-3-19-17(20)13(2)22-18(21)14-9-11-16(12-10-14)23-15-7-5-4-6-8-15/h4-13H,3H2,1-2H3,(H,19,20)/t13-/m0/s1. The molecule has 1 atom stereocenters. The fraction of sp³-hybridized carbons (Fsp3) is 0.222. The largest absolute Gasteiger partial charge is 0.457 e. The van der Waals surface area contributed by atoms with Crippen molar-refractivity contribution in [1.82, 2.24) is 5.32 Å². The third-order valence-electron chi connectivity index (χ3n) is 3.07. The highest BCUT2D eigenvalue weighted by atomic mass is 16.5. The van der Waals surface area contributed by atoms with Gasteiger partial charge in [-0.2, -0.15) is 0 Å². The van der Waals surface area contributed by atoms with Gasteiger partial charge in [0.25, 0.3) is 5.91 Å². The van der Waals surface area contributed by atoms with E-state index in [0.717, 1.165) is 0 Å². The number of rotatable bonds is 6. The number of esters is 1. The molecule has 1 amide bonds. The van der Waals surface area contributed by atoms with Crippen LogP contribution in [0.3, 0.4) is 0 Å². The topological polar surface area (TPSA) is 64.6 Å². The first-order valence-electron chi connectivity index (χ1n) is 7.42. The summed E-state index contributed by atoms with van der Waals surface area (Å²) in [5, 5.41) is 2.60. The van der Waals surface area contributed by atoms with Crippen molar-refractivity contribution in [2.24, 2.45) is 0 Å². The maximum absolute atomic E-state index is 12.0. The molecule has 0 saturated carbocycles. The highest BCUT2D eigenvalue weighted by molar-refractivity contribution is 5.92. The fourth-order valence-electron chi connectivity index (χ4n) is 1.88. The van der Waals surface area contributed by atoms with Crippen LogP contribution in [-0.4, -0.2) is 24.5 Å². The average molecular weight is 313 g/mol. The molecule has 0 spiro atoms. The van der Waals surface area contributed by atoms with Crippen LogP contribution in [0.1, 0.15) is 24.2 Å². The van der Waals surface area contributed by atoms with E-state index in [4.69, 9.17) is 9.47 Å². The molecule has 5 nitrogen and oxygen atoms in total. The molecule has 5 heteroatoms. The first-order valence-corrected chi connectivity index (χ1v) is 7.42. The van der Waals surface area contributed by atoms with Crippen LogP contribution in [0.15, 0.2) is 54.6 Å². The summed E-state index contributed by atoms with van der Waals surface area (Å²) >= 11 is 0. The monoisotopic (exact) mass is 313 g/mol. The molecule has 1 N–H and O–H groups in total. The Hall–Kier alpha value is -2.82. The van der Waals surface area contributed by atoms with Crippen LogP contribution >= 0.6 is 0 Å². The Bertz CT molecular complexity index is 652. The minimum atomic E-state index is -0.831. The molecule has 0 bridgehead atoms. The van der Waals surface area contributed by atoms with Gasteiger partial charge in [-0.15, -0.1) is 0 Å². The van der Waals surface area contributed by atoms with E-state index in [0.29, 0.717) is 23.6 Å². The number of carbonyl (C=O) groups is 2. The molecule has 23 heavy (non-hydrogen) atoms. The van der Waals surface area contributed by atoms with Gasteiger partial charge in [0, 0.05) is 6.54 Å². The molecule has 0 aromatic heterocycles. The number of hydrogen-bond donors (Lipinski definition) is 1. The summed E-state index contributed by atoms with van der Waals surface area (Å²) in [6.07, 6.45) is -0.831. The molecular weight excluding hydrogens is 294 g/mol. The summed E-state index contributed by atoms with van der Waals surface area (Å²) in [6.45, 7) is 3.83. The number of para-hydroxylation sites is 1. The van der Waals surface area contributed by atoms with Crippen LogP contribution in [-0.2, 0) is 9.53 Å². The van der Waals surface area contributed by atoms with Crippen molar-refractivity contribution in [1.29, 1.82) is 0 Å². The lowest BCUT2D eigenvalue weighted by molar-refractivity contribution is -0.128. The molecule has 0 aliphatic rings. The second-order valence-electron chi connectivity index (χ2n) is 4.88. The van der Waals surface area contributed by atoms with E-state index in [9.17, 15) is 9.59 Å². The quantitative estimate of drug-likeness (QED) is 0.832.